The first kappa shape index (κ1) is 6.37. The maximum Gasteiger partial charge on any atom is 0.142 e. The van der Waals surface area contributed by atoms with Crippen LogP contribution in [0.4, 0.5) is 0 Å². The molecule has 0 bridgehead atoms. The van der Waals surface area contributed by atoms with E-state index in [1.807, 2.05) is 0 Å². The van der Waals surface area contributed by atoms with Gasteiger partial charge in [-0.1, -0.05) is 6.08 Å². The number of hydrogen-bond donors (Lipinski definition) is 1. The molecule has 0 rings (SSSR count). The second kappa shape index (κ2) is 5.37. The van der Waals surface area contributed by atoms with E-state index in [1.165, 1.54) is 6.08 Å². The summed E-state index contributed by atoms with van der Waals surface area (Å²) >= 11 is 0. The summed E-state index contributed by atoms with van der Waals surface area (Å²) in [6.07, 6.45) is 4.25. The van der Waals surface area contributed by atoms with Gasteiger partial charge in [-0.15, -0.1) is 0 Å². The molecule has 0 aromatic rings. The van der Waals surface area contributed by atoms with E-state index < -0.39 is 0 Å². The van der Waals surface area contributed by atoms with Crippen molar-refractivity contribution >= 4 is 6.29 Å². The Morgan fingerprint density at radius 3 is 2.71 bits per heavy atom. The van der Waals surface area contributed by atoms with E-state index in [2.05, 4.69) is 0 Å². The summed E-state index contributed by atoms with van der Waals surface area (Å²) in [5, 5.41) is 8.13. The fourth-order valence-corrected chi connectivity index (χ4v) is 0.226. The standard InChI is InChI=1S/C5H8O2/c6-4-2-1-3-5-7/h1-2,4,7H,3,5H2/b2-1+. The average molecular weight is 100 g/mol. The van der Waals surface area contributed by atoms with Gasteiger partial charge in [0.05, 0.1) is 0 Å². The zero-order chi connectivity index (χ0) is 5.54. The zero-order valence-electron chi connectivity index (χ0n) is 4.00. The van der Waals surface area contributed by atoms with Crippen molar-refractivity contribution in [1.82, 2.24) is 0 Å². The first-order valence-electron chi connectivity index (χ1n) is 2.13. The number of aliphatic hydroxyl groups excluding tert-OH is 1. The number of hydrogen-bond acceptors (Lipinski definition) is 2. The molecule has 40 valence electrons. The van der Waals surface area contributed by atoms with Crippen LogP contribution in [0.15, 0.2) is 12.2 Å². The van der Waals surface area contributed by atoms with E-state index in [4.69, 9.17) is 5.11 Å². The molecule has 0 heterocycles. The van der Waals surface area contributed by atoms with Crippen LogP contribution < -0.4 is 0 Å². The highest BCUT2D eigenvalue weighted by molar-refractivity contribution is 5.64. The molecule has 0 fully saturated rings. The summed E-state index contributed by atoms with van der Waals surface area (Å²) in [6.45, 7) is 0.115. The minimum atomic E-state index is 0.115. The molecule has 0 saturated heterocycles. The van der Waals surface area contributed by atoms with Crippen LogP contribution >= 0.6 is 0 Å². The highest BCUT2D eigenvalue weighted by Gasteiger charge is 1.68. The molecule has 0 aliphatic heterocycles. The Morgan fingerprint density at radius 2 is 2.29 bits per heavy atom. The van der Waals surface area contributed by atoms with Crippen LogP contribution in [0.2, 0.25) is 0 Å². The topological polar surface area (TPSA) is 37.3 Å². The number of allylic oxidation sites excluding steroid dienone is 1. The van der Waals surface area contributed by atoms with Gasteiger partial charge in [-0.25, -0.2) is 0 Å². The second-order valence-electron chi connectivity index (χ2n) is 1.08. The maximum absolute atomic E-state index is 9.51. The molecule has 0 spiro atoms. The number of rotatable bonds is 3. The third-order valence-corrected chi connectivity index (χ3v) is 0.510. The molecular formula is C5H8O2. The lowest BCUT2D eigenvalue weighted by atomic mass is 10.4. The molecule has 0 amide bonds. The number of aliphatic hydroxyl groups is 1. The van der Waals surface area contributed by atoms with Crippen molar-refractivity contribution in [2.75, 3.05) is 6.61 Å². The molecule has 0 aromatic heterocycles. The first-order valence-corrected chi connectivity index (χ1v) is 2.13. The predicted molar refractivity (Wildman–Crippen MR) is 26.9 cm³/mol. The summed E-state index contributed by atoms with van der Waals surface area (Å²) in [6, 6.07) is 0. The van der Waals surface area contributed by atoms with Gasteiger partial charge in [0, 0.05) is 6.61 Å². The summed E-state index contributed by atoms with van der Waals surface area (Å²) < 4.78 is 0. The Labute approximate surface area is 42.5 Å². The SMILES string of the molecule is O=C/C=C/CCO. The molecule has 0 aliphatic rings. The van der Waals surface area contributed by atoms with Crippen LogP contribution in [0.25, 0.3) is 0 Å². The number of carbonyl (C=O) groups excluding carboxylic acids is 1. The van der Waals surface area contributed by atoms with Gasteiger partial charge in [0.1, 0.15) is 6.29 Å². The highest BCUT2D eigenvalue weighted by Crippen LogP contribution is 1.75. The fourth-order valence-electron chi connectivity index (χ4n) is 0.226. The predicted octanol–water partition coefficient (Wildman–Crippen LogP) is 0.124. The lowest BCUT2D eigenvalue weighted by molar-refractivity contribution is -0.104. The normalized spacial score (nSPS) is 9.86. The van der Waals surface area contributed by atoms with Gasteiger partial charge in [-0.2, -0.15) is 0 Å². The minimum absolute atomic E-state index is 0.115. The lowest BCUT2D eigenvalue weighted by Gasteiger charge is -1.76. The third kappa shape index (κ3) is 5.37. The van der Waals surface area contributed by atoms with Crippen molar-refractivity contribution in [1.29, 1.82) is 0 Å². The van der Waals surface area contributed by atoms with Gasteiger partial charge in [-0.3, -0.25) is 4.79 Å². The second-order valence-corrected chi connectivity index (χ2v) is 1.08. The molecule has 0 aromatic carbocycles. The molecule has 0 unspecified atom stereocenters. The molecule has 0 atom stereocenters. The van der Waals surface area contributed by atoms with E-state index in [0.29, 0.717) is 12.7 Å². The van der Waals surface area contributed by atoms with Gasteiger partial charge in [0.2, 0.25) is 0 Å². The van der Waals surface area contributed by atoms with Crippen LogP contribution in [-0.2, 0) is 4.79 Å². The Morgan fingerprint density at radius 1 is 1.57 bits per heavy atom. The quantitative estimate of drug-likeness (QED) is 0.404. The van der Waals surface area contributed by atoms with Gasteiger partial charge in [-0.05, 0) is 12.5 Å². The van der Waals surface area contributed by atoms with Crippen molar-refractivity contribution in [3.8, 4) is 0 Å². The third-order valence-electron chi connectivity index (χ3n) is 0.510. The van der Waals surface area contributed by atoms with Gasteiger partial charge in [0.25, 0.3) is 0 Å². The van der Waals surface area contributed by atoms with Crippen LogP contribution in [0.1, 0.15) is 6.42 Å². The average Bonchev–Trinajstić information content (AvgIpc) is 1.69. The molecule has 2 nitrogen and oxygen atoms in total. The minimum Gasteiger partial charge on any atom is -0.396 e. The molecular weight excluding hydrogens is 92.1 g/mol. The summed E-state index contributed by atoms with van der Waals surface area (Å²) in [5.41, 5.74) is 0. The monoisotopic (exact) mass is 100 g/mol. The van der Waals surface area contributed by atoms with Crippen molar-refractivity contribution in [2.45, 2.75) is 6.42 Å². The fraction of sp³-hybridized carbons (Fsp3) is 0.400. The van der Waals surface area contributed by atoms with Crippen LogP contribution in [-0.4, -0.2) is 18.0 Å². The lowest BCUT2D eigenvalue weighted by Crippen LogP contribution is -1.74. The van der Waals surface area contributed by atoms with Crippen LogP contribution in [0.5, 0.6) is 0 Å². The van der Waals surface area contributed by atoms with Crippen molar-refractivity contribution in [2.24, 2.45) is 0 Å². The van der Waals surface area contributed by atoms with Crippen LogP contribution in [0.3, 0.4) is 0 Å². The molecule has 0 saturated carbocycles. The Hall–Kier alpha value is -0.630. The van der Waals surface area contributed by atoms with Gasteiger partial charge in [0.15, 0.2) is 0 Å². The van der Waals surface area contributed by atoms with E-state index in [1.54, 1.807) is 6.08 Å². The van der Waals surface area contributed by atoms with Crippen LogP contribution in [0, 0.1) is 0 Å². The Balaban J connectivity index is 2.92. The summed E-state index contributed by atoms with van der Waals surface area (Å²) in [7, 11) is 0. The molecule has 1 N–H and O–H groups in total. The van der Waals surface area contributed by atoms with E-state index in [9.17, 15) is 4.79 Å². The smallest absolute Gasteiger partial charge is 0.142 e. The zero-order valence-corrected chi connectivity index (χ0v) is 4.00. The molecule has 7 heavy (non-hydrogen) atoms. The van der Waals surface area contributed by atoms with Gasteiger partial charge < -0.3 is 5.11 Å². The Bertz CT molecular complexity index is 66.5. The maximum atomic E-state index is 9.51. The summed E-state index contributed by atoms with van der Waals surface area (Å²) in [5.74, 6) is 0. The van der Waals surface area contributed by atoms with Crippen molar-refractivity contribution in [3.63, 3.8) is 0 Å². The van der Waals surface area contributed by atoms with Gasteiger partial charge >= 0.3 is 0 Å². The van der Waals surface area contributed by atoms with E-state index in [-0.39, 0.29) is 6.61 Å². The molecule has 0 radical (unpaired) electrons. The molecule has 2 heteroatoms. The largest absolute Gasteiger partial charge is 0.396 e. The van der Waals surface area contributed by atoms with Crippen molar-refractivity contribution < 1.29 is 9.90 Å². The highest BCUT2D eigenvalue weighted by atomic mass is 16.2. The number of carbonyl (C=O) groups is 1. The molecule has 0 aliphatic carbocycles. The first-order chi connectivity index (χ1) is 3.41. The Kier molecular flexibility index (Phi) is 4.89. The van der Waals surface area contributed by atoms with E-state index in [0.717, 1.165) is 0 Å². The van der Waals surface area contributed by atoms with E-state index >= 15 is 0 Å². The number of aldehydes is 1. The van der Waals surface area contributed by atoms with Crippen molar-refractivity contribution in [3.05, 3.63) is 12.2 Å². The summed E-state index contributed by atoms with van der Waals surface area (Å²) in [4.78, 5) is 9.51.